The van der Waals surface area contributed by atoms with Gasteiger partial charge in [0.25, 0.3) is 0 Å². The summed E-state index contributed by atoms with van der Waals surface area (Å²) in [6, 6.07) is 12.5. The molecule has 1 aliphatic heterocycles. The molecule has 2 aliphatic rings. The standard InChI is InChI=1S/C22H28N4O/c27-22(25-20-11-10-18-7-3-4-8-19(18)20)24-16-17-9-12-21(23-15-17)26-13-5-1-2-6-14-26/h3-4,7-9,12,15,20H,1-2,5-6,10-11,13-14,16H2,(H2,24,25,27). The number of anilines is 1. The van der Waals surface area contributed by atoms with E-state index in [2.05, 4.69) is 50.8 Å². The summed E-state index contributed by atoms with van der Waals surface area (Å²) >= 11 is 0. The number of rotatable bonds is 4. The number of benzene rings is 1. The van der Waals surface area contributed by atoms with E-state index in [9.17, 15) is 4.79 Å². The number of hydrogen-bond acceptors (Lipinski definition) is 3. The van der Waals surface area contributed by atoms with Crippen LogP contribution in [-0.4, -0.2) is 24.1 Å². The molecule has 1 aromatic carbocycles. The highest BCUT2D eigenvalue weighted by Gasteiger charge is 2.23. The first kappa shape index (κ1) is 17.8. The third-order valence-corrected chi connectivity index (χ3v) is 5.63. The third-order valence-electron chi connectivity index (χ3n) is 5.63. The summed E-state index contributed by atoms with van der Waals surface area (Å²) in [7, 11) is 0. The molecule has 1 aromatic heterocycles. The summed E-state index contributed by atoms with van der Waals surface area (Å²) in [4.78, 5) is 19.3. The molecule has 1 saturated heterocycles. The van der Waals surface area contributed by atoms with Crippen molar-refractivity contribution in [3.8, 4) is 0 Å². The van der Waals surface area contributed by atoms with Crippen LogP contribution in [0.4, 0.5) is 10.6 Å². The largest absolute Gasteiger partial charge is 0.357 e. The Morgan fingerprint density at radius 3 is 2.67 bits per heavy atom. The second-order valence-corrected chi connectivity index (χ2v) is 7.54. The van der Waals surface area contributed by atoms with Crippen molar-refractivity contribution in [3.05, 3.63) is 59.3 Å². The van der Waals surface area contributed by atoms with Crippen molar-refractivity contribution in [3.63, 3.8) is 0 Å². The number of nitrogens with one attached hydrogen (secondary N) is 2. The Hall–Kier alpha value is -2.56. The maximum Gasteiger partial charge on any atom is 0.315 e. The number of aryl methyl sites for hydroxylation is 1. The number of hydrogen-bond donors (Lipinski definition) is 2. The molecule has 2 N–H and O–H groups in total. The van der Waals surface area contributed by atoms with Crippen LogP contribution in [0.5, 0.6) is 0 Å². The van der Waals surface area contributed by atoms with Gasteiger partial charge in [-0.2, -0.15) is 0 Å². The van der Waals surface area contributed by atoms with Gasteiger partial charge in [0.15, 0.2) is 0 Å². The van der Waals surface area contributed by atoms with Crippen LogP contribution in [0.25, 0.3) is 0 Å². The minimum atomic E-state index is -0.117. The van der Waals surface area contributed by atoms with Crippen LogP contribution in [0.1, 0.15) is 54.8 Å². The fourth-order valence-corrected chi connectivity index (χ4v) is 4.11. The van der Waals surface area contributed by atoms with E-state index < -0.39 is 0 Å². The van der Waals surface area contributed by atoms with E-state index in [0.717, 1.165) is 37.3 Å². The lowest BCUT2D eigenvalue weighted by Gasteiger charge is -2.21. The Bertz CT molecular complexity index is 766. The molecule has 0 radical (unpaired) electrons. The molecule has 0 bridgehead atoms. The maximum absolute atomic E-state index is 12.3. The normalized spacial score (nSPS) is 19.3. The van der Waals surface area contributed by atoms with Crippen LogP contribution in [0.15, 0.2) is 42.6 Å². The SMILES string of the molecule is O=C(NCc1ccc(N2CCCCCC2)nc1)NC1CCc2ccccc21. The number of carbonyl (C=O) groups excluding carboxylic acids is 1. The molecule has 0 saturated carbocycles. The molecule has 2 aromatic rings. The zero-order chi connectivity index (χ0) is 18.5. The molecule has 2 amide bonds. The van der Waals surface area contributed by atoms with Gasteiger partial charge >= 0.3 is 6.03 Å². The topological polar surface area (TPSA) is 57.3 Å². The highest BCUT2D eigenvalue weighted by Crippen LogP contribution is 2.30. The summed E-state index contributed by atoms with van der Waals surface area (Å²) in [5.41, 5.74) is 3.61. The smallest absolute Gasteiger partial charge is 0.315 e. The van der Waals surface area contributed by atoms with Crippen LogP contribution in [0.3, 0.4) is 0 Å². The van der Waals surface area contributed by atoms with Gasteiger partial charge in [-0.25, -0.2) is 9.78 Å². The molecule has 142 valence electrons. The first-order valence-electron chi connectivity index (χ1n) is 10.1. The molecule has 1 aliphatic carbocycles. The minimum Gasteiger partial charge on any atom is -0.357 e. The minimum absolute atomic E-state index is 0.115. The van der Waals surface area contributed by atoms with E-state index in [4.69, 9.17) is 0 Å². The van der Waals surface area contributed by atoms with E-state index in [1.165, 1.54) is 36.8 Å². The molecule has 1 unspecified atom stereocenters. The van der Waals surface area contributed by atoms with Crippen molar-refractivity contribution in [1.82, 2.24) is 15.6 Å². The van der Waals surface area contributed by atoms with Crippen molar-refractivity contribution in [2.75, 3.05) is 18.0 Å². The van der Waals surface area contributed by atoms with Crippen molar-refractivity contribution < 1.29 is 4.79 Å². The molecular formula is C22H28N4O. The van der Waals surface area contributed by atoms with Crippen LogP contribution in [-0.2, 0) is 13.0 Å². The molecule has 5 nitrogen and oxygen atoms in total. The fraction of sp³-hybridized carbons (Fsp3) is 0.455. The molecular weight excluding hydrogens is 336 g/mol. The lowest BCUT2D eigenvalue weighted by molar-refractivity contribution is 0.236. The quantitative estimate of drug-likeness (QED) is 0.864. The second-order valence-electron chi connectivity index (χ2n) is 7.54. The maximum atomic E-state index is 12.3. The van der Waals surface area contributed by atoms with Gasteiger partial charge in [0.1, 0.15) is 5.82 Å². The van der Waals surface area contributed by atoms with Gasteiger partial charge in [-0.1, -0.05) is 43.2 Å². The zero-order valence-electron chi connectivity index (χ0n) is 15.8. The third kappa shape index (κ3) is 4.41. The average Bonchev–Trinajstić information content (AvgIpc) is 2.92. The monoisotopic (exact) mass is 364 g/mol. The lowest BCUT2D eigenvalue weighted by atomic mass is 10.1. The van der Waals surface area contributed by atoms with Gasteiger partial charge in [-0.3, -0.25) is 0 Å². The number of aromatic nitrogens is 1. The van der Waals surface area contributed by atoms with Gasteiger partial charge < -0.3 is 15.5 Å². The van der Waals surface area contributed by atoms with E-state index in [1.807, 2.05) is 12.3 Å². The Balaban J connectivity index is 1.28. The van der Waals surface area contributed by atoms with Gasteiger partial charge in [-0.05, 0) is 48.4 Å². The van der Waals surface area contributed by atoms with Gasteiger partial charge in [0, 0.05) is 25.8 Å². The molecule has 27 heavy (non-hydrogen) atoms. The van der Waals surface area contributed by atoms with Gasteiger partial charge in [-0.15, -0.1) is 0 Å². The first-order valence-corrected chi connectivity index (χ1v) is 10.1. The summed E-state index contributed by atoms with van der Waals surface area (Å²) in [6.45, 7) is 2.68. The van der Waals surface area contributed by atoms with E-state index >= 15 is 0 Å². The second kappa shape index (κ2) is 8.42. The first-order chi connectivity index (χ1) is 13.3. The van der Waals surface area contributed by atoms with Crippen LogP contribution in [0.2, 0.25) is 0 Å². The van der Waals surface area contributed by atoms with Crippen LogP contribution >= 0.6 is 0 Å². The van der Waals surface area contributed by atoms with Crippen molar-refractivity contribution in [2.45, 2.75) is 51.1 Å². The predicted molar refractivity (Wildman–Crippen MR) is 108 cm³/mol. The summed E-state index contributed by atoms with van der Waals surface area (Å²) in [5, 5.41) is 6.06. The summed E-state index contributed by atoms with van der Waals surface area (Å²) in [5.74, 6) is 1.05. The Morgan fingerprint density at radius 2 is 1.89 bits per heavy atom. The number of nitrogens with zero attached hydrogens (tertiary/aromatic N) is 2. The average molecular weight is 364 g/mol. The van der Waals surface area contributed by atoms with Gasteiger partial charge in [0.05, 0.1) is 6.04 Å². The molecule has 5 heteroatoms. The number of urea groups is 1. The molecule has 0 spiro atoms. The Labute approximate surface area is 161 Å². The zero-order valence-corrected chi connectivity index (χ0v) is 15.8. The predicted octanol–water partition coefficient (Wildman–Crippen LogP) is 3.95. The highest BCUT2D eigenvalue weighted by molar-refractivity contribution is 5.74. The number of carbonyl (C=O) groups is 1. The lowest BCUT2D eigenvalue weighted by Crippen LogP contribution is -2.37. The molecule has 1 atom stereocenters. The van der Waals surface area contributed by atoms with Crippen LogP contribution < -0.4 is 15.5 Å². The highest BCUT2D eigenvalue weighted by atomic mass is 16.2. The van der Waals surface area contributed by atoms with Gasteiger partial charge in [0.2, 0.25) is 0 Å². The van der Waals surface area contributed by atoms with E-state index in [0.29, 0.717) is 6.54 Å². The number of amides is 2. The van der Waals surface area contributed by atoms with Crippen molar-refractivity contribution >= 4 is 11.8 Å². The van der Waals surface area contributed by atoms with Crippen molar-refractivity contribution in [2.24, 2.45) is 0 Å². The fourth-order valence-electron chi connectivity index (χ4n) is 4.11. The van der Waals surface area contributed by atoms with E-state index in [1.54, 1.807) is 0 Å². The molecule has 2 heterocycles. The van der Waals surface area contributed by atoms with E-state index in [-0.39, 0.29) is 12.1 Å². The number of fused-ring (bicyclic) bond motifs is 1. The van der Waals surface area contributed by atoms with Crippen molar-refractivity contribution in [1.29, 1.82) is 0 Å². The number of pyridine rings is 1. The molecule has 4 rings (SSSR count). The molecule has 1 fully saturated rings. The Kier molecular flexibility index (Phi) is 5.56. The Morgan fingerprint density at radius 1 is 1.07 bits per heavy atom. The summed E-state index contributed by atoms with van der Waals surface area (Å²) < 4.78 is 0. The summed E-state index contributed by atoms with van der Waals surface area (Å²) in [6.07, 6.45) is 9.01. The van der Waals surface area contributed by atoms with Crippen LogP contribution in [0, 0.1) is 0 Å².